The highest BCUT2D eigenvalue weighted by Crippen LogP contribution is 2.23. The highest BCUT2D eigenvalue weighted by Gasteiger charge is 2.04. The van der Waals surface area contributed by atoms with Gasteiger partial charge < -0.3 is 10.1 Å². The Kier molecular flexibility index (Phi) is 6.57. The molecule has 2 nitrogen and oxygen atoms in total. The van der Waals surface area contributed by atoms with Gasteiger partial charge in [-0.1, -0.05) is 28.9 Å². The number of halogens is 1. The molecule has 0 saturated carbocycles. The Morgan fingerprint density at radius 2 is 2.20 bits per heavy atom. The number of rotatable bonds is 8. The van der Waals surface area contributed by atoms with Crippen molar-refractivity contribution in [3.05, 3.63) is 50.6 Å². The first-order chi connectivity index (χ1) is 9.79. The van der Waals surface area contributed by atoms with E-state index in [-0.39, 0.29) is 0 Å². The van der Waals surface area contributed by atoms with Crippen LogP contribution in [0.2, 0.25) is 0 Å². The summed E-state index contributed by atoms with van der Waals surface area (Å²) < 4.78 is 6.88. The van der Waals surface area contributed by atoms with E-state index >= 15 is 0 Å². The van der Waals surface area contributed by atoms with Gasteiger partial charge in [-0.05, 0) is 42.5 Å². The summed E-state index contributed by atoms with van der Waals surface area (Å²) in [6, 6.07) is 10.5. The van der Waals surface area contributed by atoms with E-state index in [1.807, 2.05) is 23.5 Å². The lowest BCUT2D eigenvalue weighted by Gasteiger charge is -2.12. The molecule has 0 saturated heterocycles. The van der Waals surface area contributed by atoms with Crippen LogP contribution in [0, 0.1) is 0 Å². The summed E-state index contributed by atoms with van der Waals surface area (Å²) in [6.07, 6.45) is 2.11. The molecule has 1 aromatic heterocycles. The van der Waals surface area contributed by atoms with Gasteiger partial charge in [0, 0.05) is 28.0 Å². The van der Waals surface area contributed by atoms with Crippen molar-refractivity contribution in [1.82, 2.24) is 5.32 Å². The van der Waals surface area contributed by atoms with Crippen molar-refractivity contribution in [3.8, 4) is 5.75 Å². The highest BCUT2D eigenvalue weighted by molar-refractivity contribution is 9.10. The van der Waals surface area contributed by atoms with Gasteiger partial charge in [0.05, 0.1) is 6.61 Å². The molecule has 0 aliphatic rings. The average Bonchev–Trinajstić information content (AvgIpc) is 2.96. The minimum Gasteiger partial charge on any atom is -0.493 e. The molecule has 0 radical (unpaired) electrons. The van der Waals surface area contributed by atoms with Gasteiger partial charge in [-0.2, -0.15) is 0 Å². The number of hydrogen-bond acceptors (Lipinski definition) is 3. The van der Waals surface area contributed by atoms with E-state index < -0.39 is 0 Å². The van der Waals surface area contributed by atoms with Crippen LogP contribution in [0.25, 0.3) is 0 Å². The number of benzene rings is 1. The van der Waals surface area contributed by atoms with Gasteiger partial charge in [0.2, 0.25) is 0 Å². The van der Waals surface area contributed by atoms with Crippen LogP contribution in [0.15, 0.2) is 40.2 Å². The maximum Gasteiger partial charge on any atom is 0.123 e. The lowest BCUT2D eigenvalue weighted by atomic mass is 10.2. The third-order valence-electron chi connectivity index (χ3n) is 2.93. The standard InChI is InChI=1S/C16H20BrNOS/c1-2-9-19-16-6-5-14(17)11-13(16)12-18-8-7-15-4-3-10-20-15/h3-6,10-11,18H,2,7-9,12H2,1H3. The lowest BCUT2D eigenvalue weighted by molar-refractivity contribution is 0.313. The zero-order valence-corrected chi connectivity index (χ0v) is 14.1. The molecule has 1 heterocycles. The van der Waals surface area contributed by atoms with Gasteiger partial charge in [-0.3, -0.25) is 0 Å². The van der Waals surface area contributed by atoms with Gasteiger partial charge >= 0.3 is 0 Å². The van der Waals surface area contributed by atoms with Crippen molar-refractivity contribution < 1.29 is 4.74 Å². The maximum absolute atomic E-state index is 5.79. The topological polar surface area (TPSA) is 21.3 Å². The fourth-order valence-corrected chi connectivity index (χ4v) is 3.05. The van der Waals surface area contributed by atoms with Crippen molar-refractivity contribution in [2.75, 3.05) is 13.2 Å². The molecule has 0 unspecified atom stereocenters. The predicted octanol–water partition coefficient (Wildman–Crippen LogP) is 4.63. The van der Waals surface area contributed by atoms with Crippen LogP contribution in [-0.2, 0) is 13.0 Å². The quantitative estimate of drug-likeness (QED) is 0.698. The second-order valence-corrected chi connectivity index (χ2v) is 6.55. The Morgan fingerprint density at radius 3 is 2.95 bits per heavy atom. The van der Waals surface area contributed by atoms with Crippen LogP contribution in [0.3, 0.4) is 0 Å². The third kappa shape index (κ3) is 4.93. The van der Waals surface area contributed by atoms with E-state index in [9.17, 15) is 0 Å². The SMILES string of the molecule is CCCOc1ccc(Br)cc1CNCCc1cccs1. The normalized spacial score (nSPS) is 10.7. The van der Waals surface area contributed by atoms with E-state index in [1.54, 1.807) is 0 Å². The van der Waals surface area contributed by atoms with Crippen LogP contribution >= 0.6 is 27.3 Å². The summed E-state index contributed by atoms with van der Waals surface area (Å²) in [5.41, 5.74) is 1.21. The van der Waals surface area contributed by atoms with Crippen LogP contribution < -0.4 is 10.1 Å². The fraction of sp³-hybridized carbons (Fsp3) is 0.375. The van der Waals surface area contributed by atoms with E-state index in [4.69, 9.17) is 4.74 Å². The first-order valence-corrected chi connectivity index (χ1v) is 8.61. The molecule has 1 aromatic carbocycles. The molecule has 0 fully saturated rings. The lowest BCUT2D eigenvalue weighted by Crippen LogP contribution is -2.17. The summed E-state index contributed by atoms with van der Waals surface area (Å²) in [5.74, 6) is 0.985. The number of hydrogen-bond donors (Lipinski definition) is 1. The number of thiophene rings is 1. The summed E-state index contributed by atoms with van der Waals surface area (Å²) in [7, 11) is 0. The average molecular weight is 354 g/mol. The zero-order valence-electron chi connectivity index (χ0n) is 11.7. The molecule has 2 aromatic rings. The predicted molar refractivity (Wildman–Crippen MR) is 89.7 cm³/mol. The molecule has 0 atom stereocenters. The molecule has 20 heavy (non-hydrogen) atoms. The Balaban J connectivity index is 1.85. The van der Waals surface area contributed by atoms with E-state index in [0.717, 1.165) is 42.8 Å². The Labute approximate surface area is 133 Å². The maximum atomic E-state index is 5.79. The Morgan fingerprint density at radius 1 is 1.30 bits per heavy atom. The fourth-order valence-electron chi connectivity index (χ4n) is 1.93. The molecule has 2 rings (SSSR count). The molecular formula is C16H20BrNOS. The van der Waals surface area contributed by atoms with Crippen molar-refractivity contribution in [2.24, 2.45) is 0 Å². The first-order valence-electron chi connectivity index (χ1n) is 6.94. The number of nitrogens with one attached hydrogen (secondary N) is 1. The highest BCUT2D eigenvalue weighted by atomic mass is 79.9. The largest absolute Gasteiger partial charge is 0.493 e. The van der Waals surface area contributed by atoms with E-state index in [0.29, 0.717) is 0 Å². The van der Waals surface area contributed by atoms with E-state index in [1.165, 1.54) is 10.4 Å². The molecule has 0 aliphatic carbocycles. The van der Waals surface area contributed by atoms with Crippen molar-refractivity contribution in [1.29, 1.82) is 0 Å². The van der Waals surface area contributed by atoms with Gasteiger partial charge in [-0.15, -0.1) is 11.3 Å². The summed E-state index contributed by atoms with van der Waals surface area (Å²) >= 11 is 5.34. The van der Waals surface area contributed by atoms with Crippen LogP contribution in [0.5, 0.6) is 5.75 Å². The molecule has 0 bridgehead atoms. The minimum absolute atomic E-state index is 0.768. The molecule has 1 N–H and O–H groups in total. The van der Waals surface area contributed by atoms with Crippen molar-refractivity contribution in [2.45, 2.75) is 26.3 Å². The molecule has 0 aliphatic heterocycles. The summed E-state index contributed by atoms with van der Waals surface area (Å²) in [5, 5.41) is 5.62. The van der Waals surface area contributed by atoms with Gasteiger partial charge in [0.25, 0.3) is 0 Å². The second-order valence-electron chi connectivity index (χ2n) is 4.61. The van der Waals surface area contributed by atoms with Crippen LogP contribution in [-0.4, -0.2) is 13.2 Å². The second kappa shape index (κ2) is 8.45. The van der Waals surface area contributed by atoms with Gasteiger partial charge in [0.15, 0.2) is 0 Å². The summed E-state index contributed by atoms with van der Waals surface area (Å²) in [6.45, 7) is 4.71. The smallest absolute Gasteiger partial charge is 0.123 e. The van der Waals surface area contributed by atoms with Crippen molar-refractivity contribution in [3.63, 3.8) is 0 Å². The van der Waals surface area contributed by atoms with Gasteiger partial charge in [-0.25, -0.2) is 0 Å². The monoisotopic (exact) mass is 353 g/mol. The van der Waals surface area contributed by atoms with Crippen LogP contribution in [0.1, 0.15) is 23.8 Å². The molecule has 0 spiro atoms. The molecule has 108 valence electrons. The van der Waals surface area contributed by atoms with Crippen LogP contribution in [0.4, 0.5) is 0 Å². The molecular weight excluding hydrogens is 334 g/mol. The Bertz CT molecular complexity index is 513. The third-order valence-corrected chi connectivity index (χ3v) is 4.36. The Hall–Kier alpha value is -0.840. The molecule has 4 heteroatoms. The van der Waals surface area contributed by atoms with E-state index in [2.05, 4.69) is 51.7 Å². The van der Waals surface area contributed by atoms with Gasteiger partial charge in [0.1, 0.15) is 5.75 Å². The molecule has 0 amide bonds. The minimum atomic E-state index is 0.768. The summed E-state index contributed by atoms with van der Waals surface area (Å²) in [4.78, 5) is 1.43. The number of ether oxygens (including phenoxy) is 1. The van der Waals surface area contributed by atoms with Crippen molar-refractivity contribution >= 4 is 27.3 Å². The first kappa shape index (κ1) is 15.5. The zero-order chi connectivity index (χ0) is 14.2.